The van der Waals surface area contributed by atoms with E-state index < -0.39 is 51.8 Å². The van der Waals surface area contributed by atoms with Crippen LogP contribution in [0.5, 0.6) is 0 Å². The largest absolute Gasteiger partial charge is 0.472 e. The van der Waals surface area contributed by atoms with E-state index in [1.807, 2.05) is 0 Å². The molecule has 0 spiro atoms. The van der Waals surface area contributed by atoms with Gasteiger partial charge in [0.25, 0.3) is 0 Å². The molecule has 0 aromatic heterocycles. The van der Waals surface area contributed by atoms with Gasteiger partial charge in [0, 0.05) is 12.8 Å². The van der Waals surface area contributed by atoms with Crippen LogP contribution in [0.15, 0.2) is 24.3 Å². The molecule has 55 heavy (non-hydrogen) atoms. The third kappa shape index (κ3) is 40.4. The zero-order valence-corrected chi connectivity index (χ0v) is 36.0. The van der Waals surface area contributed by atoms with Crippen molar-refractivity contribution in [2.75, 3.05) is 26.4 Å². The van der Waals surface area contributed by atoms with E-state index in [0.717, 1.165) is 51.4 Å². The van der Waals surface area contributed by atoms with Gasteiger partial charge in [-0.25, -0.2) is 4.57 Å². The first kappa shape index (κ1) is 53.5. The number of carbonyl (C=O) groups excluding carboxylic acids is 2. The van der Waals surface area contributed by atoms with Gasteiger partial charge in [0.2, 0.25) is 0 Å². The number of phosphoric ester groups is 1. The minimum absolute atomic E-state index is 0.165. The molecule has 0 fully saturated rings. The molecule has 0 saturated heterocycles. The first-order valence-electron chi connectivity index (χ1n) is 22.3. The van der Waals surface area contributed by atoms with Gasteiger partial charge in [0.05, 0.1) is 19.8 Å². The van der Waals surface area contributed by atoms with Gasteiger partial charge in [-0.05, 0) is 64.2 Å². The number of hydrogen-bond donors (Lipinski definition) is 3. The molecule has 0 aromatic rings. The second-order valence-electron chi connectivity index (χ2n) is 15.1. The van der Waals surface area contributed by atoms with Gasteiger partial charge in [-0.3, -0.25) is 18.6 Å². The third-order valence-electron chi connectivity index (χ3n) is 9.58. The topological polar surface area (TPSA) is 149 Å². The van der Waals surface area contributed by atoms with Crippen molar-refractivity contribution in [2.45, 2.75) is 219 Å². The lowest BCUT2D eigenvalue weighted by molar-refractivity contribution is -0.161. The quantitative estimate of drug-likeness (QED) is 0.0236. The predicted molar refractivity (Wildman–Crippen MR) is 224 cm³/mol. The van der Waals surface area contributed by atoms with Gasteiger partial charge >= 0.3 is 19.8 Å². The summed E-state index contributed by atoms with van der Waals surface area (Å²) >= 11 is 0. The number of carbonyl (C=O) groups is 2. The molecular weight excluding hydrogens is 719 g/mol. The van der Waals surface area contributed by atoms with Crippen molar-refractivity contribution < 1.29 is 47.8 Å². The number of phosphoric acid groups is 1. The average Bonchev–Trinajstić information content (AvgIpc) is 3.17. The molecule has 10 nitrogen and oxygen atoms in total. The van der Waals surface area contributed by atoms with Crippen LogP contribution in [-0.2, 0) is 32.7 Å². The molecule has 0 saturated carbocycles. The molecule has 0 amide bonds. The van der Waals surface area contributed by atoms with Gasteiger partial charge < -0.3 is 24.6 Å². The van der Waals surface area contributed by atoms with Crippen LogP contribution in [0.3, 0.4) is 0 Å². The molecule has 0 aliphatic carbocycles. The summed E-state index contributed by atoms with van der Waals surface area (Å²) in [5.41, 5.74) is 0. The molecule has 0 aliphatic rings. The lowest BCUT2D eigenvalue weighted by Gasteiger charge is -2.20. The normalized spacial score (nSPS) is 14.1. The molecule has 324 valence electrons. The second-order valence-corrected chi connectivity index (χ2v) is 16.5. The van der Waals surface area contributed by atoms with E-state index >= 15 is 0 Å². The Labute approximate surface area is 336 Å². The average molecular weight is 803 g/mol. The third-order valence-corrected chi connectivity index (χ3v) is 10.5. The van der Waals surface area contributed by atoms with Crippen molar-refractivity contribution in [3.63, 3.8) is 0 Å². The lowest BCUT2D eigenvalue weighted by atomic mass is 10.1. The van der Waals surface area contributed by atoms with Crippen LogP contribution in [0.4, 0.5) is 0 Å². The standard InChI is InChI=1S/C44H83O10P/c1-3-5-7-9-11-13-15-17-19-20-22-23-25-27-29-31-33-35-43(47)51-39-42(40-53-55(49,50)52-38-41(46)37-45)54-44(48)36-34-32-30-28-26-24-21-18-16-14-12-10-8-6-4-2/h17,19,24,26,41-42,45-46H,3-16,18,20-23,25,27-40H2,1-2H3,(H,49,50)/b19-17+,26-24+/t41-,42+/m0/s1. The predicted octanol–water partition coefficient (Wildman–Crippen LogP) is 11.8. The molecule has 0 bridgehead atoms. The Hall–Kier alpha value is -1.55. The highest BCUT2D eigenvalue weighted by Gasteiger charge is 2.27. The molecule has 0 aromatic carbocycles. The highest BCUT2D eigenvalue weighted by Crippen LogP contribution is 2.43. The van der Waals surface area contributed by atoms with Crippen LogP contribution in [-0.4, -0.2) is 65.7 Å². The Kier molecular flexibility index (Phi) is 39.5. The molecular formula is C44H83O10P. The molecule has 0 aliphatic heterocycles. The fourth-order valence-electron chi connectivity index (χ4n) is 6.10. The summed E-state index contributed by atoms with van der Waals surface area (Å²) in [6.07, 6.45) is 40.0. The van der Waals surface area contributed by atoms with Crippen molar-refractivity contribution in [2.24, 2.45) is 0 Å². The molecule has 11 heteroatoms. The summed E-state index contributed by atoms with van der Waals surface area (Å²) in [5, 5.41) is 18.3. The summed E-state index contributed by atoms with van der Waals surface area (Å²) in [7, 11) is -4.62. The molecule has 0 radical (unpaired) electrons. The van der Waals surface area contributed by atoms with Crippen molar-refractivity contribution in [3.05, 3.63) is 24.3 Å². The SMILES string of the molecule is CCCCCCCC/C=C/CCCCCCCCCC(=O)OC[C@H](COP(=O)(O)OC[C@@H](O)CO)OC(=O)CCCCC/C=C/CCCCCCCCCC. The van der Waals surface area contributed by atoms with Gasteiger partial charge in [-0.2, -0.15) is 0 Å². The maximum atomic E-state index is 12.6. The van der Waals surface area contributed by atoms with Gasteiger partial charge in [-0.15, -0.1) is 0 Å². The molecule has 1 unspecified atom stereocenters. The lowest BCUT2D eigenvalue weighted by Crippen LogP contribution is -2.29. The number of esters is 2. The molecule has 0 heterocycles. The number of aliphatic hydroxyl groups is 2. The van der Waals surface area contributed by atoms with E-state index in [9.17, 15) is 24.2 Å². The van der Waals surface area contributed by atoms with Gasteiger partial charge in [0.15, 0.2) is 6.10 Å². The highest BCUT2D eigenvalue weighted by molar-refractivity contribution is 7.47. The van der Waals surface area contributed by atoms with Crippen LogP contribution in [0.25, 0.3) is 0 Å². The Morgan fingerprint density at radius 1 is 0.527 bits per heavy atom. The summed E-state index contributed by atoms with van der Waals surface area (Å²) in [6, 6.07) is 0. The van der Waals surface area contributed by atoms with Crippen molar-refractivity contribution in [1.29, 1.82) is 0 Å². The number of allylic oxidation sites excluding steroid dienone is 4. The van der Waals surface area contributed by atoms with E-state index in [2.05, 4.69) is 42.7 Å². The first-order valence-corrected chi connectivity index (χ1v) is 23.8. The fourth-order valence-corrected chi connectivity index (χ4v) is 6.89. The Morgan fingerprint density at radius 2 is 0.891 bits per heavy atom. The van der Waals surface area contributed by atoms with Crippen LogP contribution in [0.2, 0.25) is 0 Å². The Bertz CT molecular complexity index is 972. The number of unbranched alkanes of at least 4 members (excludes halogenated alkanes) is 24. The van der Waals surface area contributed by atoms with Crippen LogP contribution < -0.4 is 0 Å². The zero-order valence-electron chi connectivity index (χ0n) is 35.2. The minimum atomic E-state index is -4.62. The Morgan fingerprint density at radius 3 is 1.33 bits per heavy atom. The van der Waals surface area contributed by atoms with Crippen LogP contribution >= 0.6 is 7.82 Å². The molecule has 0 rings (SSSR count). The van der Waals surface area contributed by atoms with Gasteiger partial charge in [0.1, 0.15) is 12.7 Å². The molecule has 3 N–H and O–H groups in total. The van der Waals surface area contributed by atoms with E-state index in [-0.39, 0.29) is 19.4 Å². The van der Waals surface area contributed by atoms with Crippen LogP contribution in [0, 0.1) is 0 Å². The number of aliphatic hydroxyl groups excluding tert-OH is 2. The van der Waals surface area contributed by atoms with Crippen molar-refractivity contribution in [1.82, 2.24) is 0 Å². The summed E-state index contributed by atoms with van der Waals surface area (Å²) in [6.45, 7) is 2.37. The number of hydrogen-bond acceptors (Lipinski definition) is 9. The van der Waals surface area contributed by atoms with Gasteiger partial charge in [-0.1, -0.05) is 154 Å². The zero-order chi connectivity index (χ0) is 40.5. The number of rotatable bonds is 42. The highest BCUT2D eigenvalue weighted by atomic mass is 31.2. The van der Waals surface area contributed by atoms with Crippen molar-refractivity contribution >= 4 is 19.8 Å². The maximum absolute atomic E-state index is 12.6. The first-order chi connectivity index (χ1) is 26.7. The van der Waals surface area contributed by atoms with Crippen molar-refractivity contribution in [3.8, 4) is 0 Å². The second kappa shape index (κ2) is 40.6. The van der Waals surface area contributed by atoms with E-state index in [1.54, 1.807) is 0 Å². The van der Waals surface area contributed by atoms with E-state index in [1.165, 1.54) is 116 Å². The maximum Gasteiger partial charge on any atom is 0.472 e. The smallest absolute Gasteiger partial charge is 0.462 e. The fraction of sp³-hybridized carbons (Fsp3) is 0.864. The summed E-state index contributed by atoms with van der Waals surface area (Å²) in [4.78, 5) is 35.0. The summed E-state index contributed by atoms with van der Waals surface area (Å²) < 4.78 is 32.7. The van der Waals surface area contributed by atoms with Crippen LogP contribution in [0.1, 0.15) is 206 Å². The summed E-state index contributed by atoms with van der Waals surface area (Å²) in [5.74, 6) is -0.942. The van der Waals surface area contributed by atoms with E-state index in [4.69, 9.17) is 19.1 Å². The van der Waals surface area contributed by atoms with E-state index in [0.29, 0.717) is 12.8 Å². The monoisotopic (exact) mass is 803 g/mol. The molecule has 3 atom stereocenters. The number of ether oxygens (including phenoxy) is 2. The minimum Gasteiger partial charge on any atom is -0.462 e. The Balaban J connectivity index is 4.29.